The summed E-state index contributed by atoms with van der Waals surface area (Å²) in [6.07, 6.45) is -0.853. The number of rotatable bonds is 8. The van der Waals surface area contributed by atoms with E-state index >= 15 is 0 Å². The Kier molecular flexibility index (Phi) is 8.46. The Morgan fingerprint density at radius 3 is 2.47 bits per heavy atom. The van der Waals surface area contributed by atoms with E-state index in [1.165, 1.54) is 6.92 Å². The fourth-order valence-corrected chi connectivity index (χ4v) is 5.72. The third-order valence-corrected chi connectivity index (χ3v) is 7.89. The molecule has 0 radical (unpaired) electrons. The number of carbonyl (C=O) groups is 2. The average molecular weight is 553 g/mol. The number of nitrogens with one attached hydrogen (secondary N) is 1. The number of carbonyl (C=O) groups excluding carboxylic acids is 2. The molecule has 0 amide bonds. The SMILES string of the molecule is Cc1c(C(=O)OC(=O)CC2CCNCC2)sc2c1c(=O)n(CCc1ccncc1)c(=O)n2CCC(F)(F)F. The number of hydrogen-bond donors (Lipinski definition) is 1. The molecule has 3 aromatic heterocycles. The number of hydrogen-bond acceptors (Lipinski definition) is 8. The third-order valence-electron chi connectivity index (χ3n) is 6.59. The van der Waals surface area contributed by atoms with E-state index in [1.54, 1.807) is 24.5 Å². The van der Waals surface area contributed by atoms with Crippen molar-refractivity contribution < 1.29 is 27.5 Å². The van der Waals surface area contributed by atoms with Gasteiger partial charge in [-0.3, -0.25) is 23.7 Å². The first-order valence-electron chi connectivity index (χ1n) is 12.2. The van der Waals surface area contributed by atoms with Crippen LogP contribution in [0.1, 0.15) is 46.5 Å². The molecular formula is C25H27F3N4O5S. The van der Waals surface area contributed by atoms with Crippen LogP contribution < -0.4 is 16.6 Å². The van der Waals surface area contributed by atoms with Gasteiger partial charge in [0.05, 0.1) is 11.8 Å². The fraction of sp³-hybridized carbons (Fsp3) is 0.480. The Labute approximate surface area is 219 Å². The minimum Gasteiger partial charge on any atom is -0.389 e. The lowest BCUT2D eigenvalue weighted by Gasteiger charge is -2.21. The van der Waals surface area contributed by atoms with E-state index in [-0.39, 0.29) is 46.0 Å². The van der Waals surface area contributed by atoms with Crippen LogP contribution in [0.4, 0.5) is 13.2 Å². The summed E-state index contributed by atoms with van der Waals surface area (Å²) in [4.78, 5) is 55.6. The summed E-state index contributed by atoms with van der Waals surface area (Å²) in [6.45, 7) is 2.19. The molecular weight excluding hydrogens is 525 g/mol. The minimum atomic E-state index is -4.54. The van der Waals surface area contributed by atoms with Crippen LogP contribution in [0.5, 0.6) is 0 Å². The molecule has 1 aliphatic rings. The number of nitrogens with zero attached hydrogens (tertiary/aromatic N) is 3. The van der Waals surface area contributed by atoms with Crippen molar-refractivity contribution >= 4 is 33.5 Å². The second kappa shape index (κ2) is 11.6. The van der Waals surface area contributed by atoms with Crippen LogP contribution in [0.3, 0.4) is 0 Å². The van der Waals surface area contributed by atoms with Crippen LogP contribution in [0.25, 0.3) is 10.2 Å². The van der Waals surface area contributed by atoms with E-state index in [0.29, 0.717) is 11.3 Å². The van der Waals surface area contributed by atoms with Gasteiger partial charge in [-0.1, -0.05) is 0 Å². The summed E-state index contributed by atoms with van der Waals surface area (Å²) in [5.74, 6) is -1.61. The van der Waals surface area contributed by atoms with Crippen LogP contribution in [0.2, 0.25) is 0 Å². The highest BCUT2D eigenvalue weighted by molar-refractivity contribution is 7.20. The summed E-state index contributed by atoms with van der Waals surface area (Å²) < 4.78 is 46.0. The Bertz CT molecular complexity index is 1440. The van der Waals surface area contributed by atoms with Gasteiger partial charge in [-0.25, -0.2) is 9.59 Å². The number of ether oxygens (including phenoxy) is 1. The quantitative estimate of drug-likeness (QED) is 0.337. The zero-order chi connectivity index (χ0) is 27.4. The van der Waals surface area contributed by atoms with E-state index < -0.39 is 42.3 Å². The lowest BCUT2D eigenvalue weighted by molar-refractivity contribution is -0.139. The number of aromatic nitrogens is 3. The van der Waals surface area contributed by atoms with E-state index in [4.69, 9.17) is 4.74 Å². The molecule has 4 rings (SSSR count). The number of esters is 2. The van der Waals surface area contributed by atoms with Gasteiger partial charge in [0, 0.05) is 31.9 Å². The van der Waals surface area contributed by atoms with Crippen molar-refractivity contribution in [3.05, 3.63) is 61.4 Å². The Balaban J connectivity index is 1.69. The summed E-state index contributed by atoms with van der Waals surface area (Å²) in [7, 11) is 0. The van der Waals surface area contributed by atoms with Crippen molar-refractivity contribution in [2.24, 2.45) is 5.92 Å². The zero-order valence-corrected chi connectivity index (χ0v) is 21.5. The predicted octanol–water partition coefficient (Wildman–Crippen LogP) is 3.20. The van der Waals surface area contributed by atoms with E-state index in [0.717, 1.165) is 40.6 Å². The first-order chi connectivity index (χ1) is 18.0. The van der Waals surface area contributed by atoms with Crippen molar-refractivity contribution in [3.63, 3.8) is 0 Å². The highest BCUT2D eigenvalue weighted by Gasteiger charge is 2.30. The minimum absolute atomic E-state index is 0.0377. The lowest BCUT2D eigenvalue weighted by Crippen LogP contribution is -2.40. The molecule has 0 spiro atoms. The van der Waals surface area contributed by atoms with Gasteiger partial charge >= 0.3 is 23.8 Å². The molecule has 0 atom stereocenters. The molecule has 9 nitrogen and oxygen atoms in total. The fourth-order valence-electron chi connectivity index (χ4n) is 4.53. The van der Waals surface area contributed by atoms with Crippen LogP contribution >= 0.6 is 11.3 Å². The van der Waals surface area contributed by atoms with Gasteiger partial charge in [0.25, 0.3) is 5.56 Å². The smallest absolute Gasteiger partial charge is 0.389 e. The Morgan fingerprint density at radius 1 is 1.13 bits per heavy atom. The molecule has 4 heterocycles. The molecule has 0 bridgehead atoms. The highest BCUT2D eigenvalue weighted by Crippen LogP contribution is 2.30. The topological polar surface area (TPSA) is 112 Å². The van der Waals surface area contributed by atoms with Crippen molar-refractivity contribution in [2.75, 3.05) is 13.1 Å². The molecule has 204 valence electrons. The lowest BCUT2D eigenvalue weighted by atomic mass is 9.95. The summed E-state index contributed by atoms with van der Waals surface area (Å²) in [5, 5.41) is 3.15. The summed E-state index contributed by atoms with van der Waals surface area (Å²) in [6, 6.07) is 3.41. The number of aryl methyl sites for hydroxylation is 3. The molecule has 1 saturated heterocycles. The van der Waals surface area contributed by atoms with Crippen molar-refractivity contribution in [2.45, 2.75) is 58.3 Å². The first kappa shape index (κ1) is 27.7. The maximum Gasteiger partial charge on any atom is 0.390 e. The number of thiophene rings is 1. The van der Waals surface area contributed by atoms with Crippen molar-refractivity contribution in [1.82, 2.24) is 19.4 Å². The zero-order valence-electron chi connectivity index (χ0n) is 20.7. The summed E-state index contributed by atoms with van der Waals surface area (Å²) in [5.41, 5.74) is -0.667. The number of pyridine rings is 1. The normalized spacial score (nSPS) is 14.6. The van der Waals surface area contributed by atoms with Gasteiger partial charge in [0.1, 0.15) is 9.71 Å². The van der Waals surface area contributed by atoms with Crippen LogP contribution in [-0.4, -0.2) is 45.3 Å². The van der Waals surface area contributed by atoms with E-state index in [2.05, 4.69) is 10.3 Å². The van der Waals surface area contributed by atoms with Gasteiger partial charge in [-0.05, 0) is 68.5 Å². The maximum atomic E-state index is 13.4. The third kappa shape index (κ3) is 6.38. The molecule has 0 saturated carbocycles. The van der Waals surface area contributed by atoms with Gasteiger partial charge in [0.15, 0.2) is 0 Å². The Morgan fingerprint density at radius 2 is 1.82 bits per heavy atom. The number of alkyl halides is 3. The van der Waals surface area contributed by atoms with Gasteiger partial charge in [-0.15, -0.1) is 11.3 Å². The molecule has 0 unspecified atom stereocenters. The average Bonchev–Trinajstić information content (AvgIpc) is 3.21. The molecule has 38 heavy (non-hydrogen) atoms. The number of fused-ring (bicyclic) bond motifs is 1. The number of piperidine rings is 1. The van der Waals surface area contributed by atoms with Gasteiger partial charge in [-0.2, -0.15) is 13.2 Å². The summed E-state index contributed by atoms with van der Waals surface area (Å²) >= 11 is 0.686. The molecule has 0 aromatic carbocycles. The molecule has 3 aromatic rings. The molecule has 13 heteroatoms. The second-order valence-electron chi connectivity index (χ2n) is 9.26. The second-order valence-corrected chi connectivity index (χ2v) is 10.3. The van der Waals surface area contributed by atoms with Gasteiger partial charge < -0.3 is 10.1 Å². The van der Waals surface area contributed by atoms with E-state index in [9.17, 15) is 32.3 Å². The monoisotopic (exact) mass is 552 g/mol. The van der Waals surface area contributed by atoms with Crippen LogP contribution in [0, 0.1) is 12.8 Å². The van der Waals surface area contributed by atoms with Crippen LogP contribution in [0.15, 0.2) is 34.1 Å². The highest BCUT2D eigenvalue weighted by atomic mass is 32.1. The molecule has 1 fully saturated rings. The molecule has 0 aliphatic carbocycles. The van der Waals surface area contributed by atoms with Crippen molar-refractivity contribution in [1.29, 1.82) is 0 Å². The van der Waals surface area contributed by atoms with Crippen LogP contribution in [-0.2, 0) is 29.0 Å². The van der Waals surface area contributed by atoms with E-state index in [1.807, 2.05) is 0 Å². The molecule has 1 aliphatic heterocycles. The molecule has 1 N–H and O–H groups in total. The standard InChI is InChI=1S/C25H27F3N4O5S/c1-15-19-21(34)31(12-6-16-2-8-29-9-3-16)24(36)32(13-7-25(26,27)28)22(19)38-20(15)23(35)37-18(33)14-17-4-10-30-11-5-17/h2-3,8-9,17,30H,4-7,10-14H2,1H3. The Hall–Kier alpha value is -3.32. The predicted molar refractivity (Wildman–Crippen MR) is 134 cm³/mol. The van der Waals surface area contributed by atoms with Gasteiger partial charge in [0.2, 0.25) is 0 Å². The maximum absolute atomic E-state index is 13.4. The largest absolute Gasteiger partial charge is 0.390 e. The first-order valence-corrected chi connectivity index (χ1v) is 13.0. The number of halogens is 3. The van der Waals surface area contributed by atoms with Crippen molar-refractivity contribution in [3.8, 4) is 0 Å².